The van der Waals surface area contributed by atoms with E-state index in [-0.39, 0.29) is 24.0 Å². The predicted octanol–water partition coefficient (Wildman–Crippen LogP) is 4.19. The van der Waals surface area contributed by atoms with Gasteiger partial charge in [0.25, 0.3) is 5.79 Å². The van der Waals surface area contributed by atoms with Crippen LogP contribution in [0.25, 0.3) is 11.5 Å². The molecule has 3 aromatic carbocycles. The van der Waals surface area contributed by atoms with E-state index in [2.05, 4.69) is 5.32 Å². The van der Waals surface area contributed by atoms with E-state index in [1.54, 1.807) is 87.0 Å². The molecule has 1 unspecified atom stereocenters. The summed E-state index contributed by atoms with van der Waals surface area (Å²) in [5, 5.41) is 12.4. The molecule has 0 fully saturated rings. The van der Waals surface area contributed by atoms with Crippen LogP contribution >= 0.6 is 0 Å². The van der Waals surface area contributed by atoms with E-state index in [1.165, 1.54) is 6.08 Å². The second kappa shape index (κ2) is 10.7. The lowest BCUT2D eigenvalue weighted by Gasteiger charge is -2.35. The molecule has 2 N–H and O–H groups in total. The van der Waals surface area contributed by atoms with Gasteiger partial charge in [-0.2, -0.15) is 0 Å². The van der Waals surface area contributed by atoms with Crippen molar-refractivity contribution >= 4 is 23.4 Å². The molecule has 0 aromatic heterocycles. The van der Waals surface area contributed by atoms with E-state index in [0.29, 0.717) is 28.2 Å². The Labute approximate surface area is 208 Å². The zero-order chi connectivity index (χ0) is 25.5. The minimum Gasteiger partial charge on any atom is -0.497 e. The maximum Gasteiger partial charge on any atom is 0.332 e. The Morgan fingerprint density at radius 2 is 1.56 bits per heavy atom. The first kappa shape index (κ1) is 24.4. The highest BCUT2D eigenvalue weighted by atomic mass is 16.7. The van der Waals surface area contributed by atoms with Crippen molar-refractivity contribution in [2.45, 2.75) is 5.79 Å². The molecular formula is C28H25NO7. The highest BCUT2D eigenvalue weighted by molar-refractivity contribution is 5.94. The van der Waals surface area contributed by atoms with E-state index in [9.17, 15) is 14.7 Å². The van der Waals surface area contributed by atoms with Crippen LogP contribution in [0.5, 0.6) is 11.5 Å². The summed E-state index contributed by atoms with van der Waals surface area (Å²) in [5.41, 5.74) is 1.68. The molecule has 0 saturated carbocycles. The van der Waals surface area contributed by atoms with Gasteiger partial charge in [0.15, 0.2) is 0 Å². The minimum absolute atomic E-state index is 0.0410. The van der Waals surface area contributed by atoms with Crippen molar-refractivity contribution in [3.05, 3.63) is 108 Å². The highest BCUT2D eigenvalue weighted by Gasteiger charge is 2.41. The van der Waals surface area contributed by atoms with Crippen LogP contribution < -0.4 is 14.8 Å². The first-order valence-corrected chi connectivity index (χ1v) is 11.1. The molecule has 184 valence electrons. The lowest BCUT2D eigenvalue weighted by atomic mass is 10.0. The Kier molecular flexibility index (Phi) is 7.25. The van der Waals surface area contributed by atoms with Gasteiger partial charge in [0.2, 0.25) is 5.91 Å². The van der Waals surface area contributed by atoms with Crippen molar-refractivity contribution in [1.29, 1.82) is 0 Å². The number of carbonyl (C=O) groups excluding carboxylic acids is 1. The number of benzene rings is 3. The van der Waals surface area contributed by atoms with E-state index in [1.807, 2.05) is 6.07 Å². The smallest absolute Gasteiger partial charge is 0.332 e. The Morgan fingerprint density at radius 3 is 2.14 bits per heavy atom. The van der Waals surface area contributed by atoms with Crippen LogP contribution in [0.15, 0.2) is 91.0 Å². The molecule has 1 atom stereocenters. The molecule has 4 rings (SSSR count). The summed E-state index contributed by atoms with van der Waals surface area (Å²) in [6.45, 7) is -0.0842. The number of rotatable bonds is 8. The fourth-order valence-electron chi connectivity index (χ4n) is 3.70. The van der Waals surface area contributed by atoms with Gasteiger partial charge in [-0.15, -0.1) is 0 Å². The zero-order valence-electron chi connectivity index (χ0n) is 19.8. The molecule has 36 heavy (non-hydrogen) atoms. The van der Waals surface area contributed by atoms with Gasteiger partial charge in [0.1, 0.15) is 23.0 Å². The van der Waals surface area contributed by atoms with Crippen LogP contribution in [0.3, 0.4) is 0 Å². The zero-order valence-corrected chi connectivity index (χ0v) is 19.8. The van der Waals surface area contributed by atoms with Gasteiger partial charge in [-0.3, -0.25) is 4.79 Å². The maximum absolute atomic E-state index is 12.6. The van der Waals surface area contributed by atoms with Gasteiger partial charge in [-0.1, -0.05) is 30.3 Å². The van der Waals surface area contributed by atoms with Crippen molar-refractivity contribution in [3.63, 3.8) is 0 Å². The normalized spacial score (nSPS) is 17.7. The topological polar surface area (TPSA) is 103 Å². The number of amides is 1. The summed E-state index contributed by atoms with van der Waals surface area (Å²) in [7, 11) is 3.10. The molecule has 0 bridgehead atoms. The largest absolute Gasteiger partial charge is 0.497 e. The summed E-state index contributed by atoms with van der Waals surface area (Å²) in [6.07, 6.45) is 2.29. The predicted molar refractivity (Wildman–Crippen MR) is 133 cm³/mol. The molecule has 0 radical (unpaired) electrons. The number of methoxy groups -OCH3 is 2. The monoisotopic (exact) mass is 487 g/mol. The van der Waals surface area contributed by atoms with Gasteiger partial charge in [0.05, 0.1) is 26.8 Å². The number of ether oxygens (including phenoxy) is 4. The van der Waals surface area contributed by atoms with Crippen LogP contribution in [0.1, 0.15) is 16.7 Å². The standard InChI is InChI=1S/C28H25NO7/c1-33-22-12-8-19(9-13-22)24-16-26(30)29-18-28(35-24,21-6-4-3-5-7-21)36-25(17-27(31)32)20-10-14-23(34-2)15-11-20/h3-17H,18H2,1-2H3,(H,29,30)(H,31,32)/b25-17+. The number of aliphatic carboxylic acids is 1. The lowest BCUT2D eigenvalue weighted by Crippen LogP contribution is -2.42. The number of carboxylic acid groups (broad SMARTS) is 1. The average Bonchev–Trinajstić information content (AvgIpc) is 3.08. The van der Waals surface area contributed by atoms with Crippen molar-refractivity contribution in [2.75, 3.05) is 20.8 Å². The van der Waals surface area contributed by atoms with Gasteiger partial charge in [-0.25, -0.2) is 4.79 Å². The molecule has 1 amide bonds. The molecule has 3 aromatic rings. The lowest BCUT2D eigenvalue weighted by molar-refractivity contribution is -0.158. The maximum atomic E-state index is 12.6. The number of nitrogens with one attached hydrogen (secondary N) is 1. The van der Waals surface area contributed by atoms with Crippen LogP contribution in [0.2, 0.25) is 0 Å². The number of carbonyl (C=O) groups is 2. The first-order valence-electron chi connectivity index (χ1n) is 11.1. The molecule has 1 aliphatic rings. The van der Waals surface area contributed by atoms with E-state index >= 15 is 0 Å². The van der Waals surface area contributed by atoms with Gasteiger partial charge in [-0.05, 0) is 48.5 Å². The van der Waals surface area contributed by atoms with Gasteiger partial charge in [0, 0.05) is 22.8 Å². The number of hydrogen-bond acceptors (Lipinski definition) is 6. The molecular weight excluding hydrogens is 462 g/mol. The molecule has 0 saturated heterocycles. The second-order valence-corrected chi connectivity index (χ2v) is 7.85. The van der Waals surface area contributed by atoms with Crippen molar-refractivity contribution in [3.8, 4) is 11.5 Å². The number of hydrogen-bond donors (Lipinski definition) is 2. The fourth-order valence-corrected chi connectivity index (χ4v) is 3.70. The van der Waals surface area contributed by atoms with Crippen molar-refractivity contribution in [2.24, 2.45) is 0 Å². The molecule has 0 spiro atoms. The van der Waals surface area contributed by atoms with Gasteiger partial charge < -0.3 is 29.4 Å². The summed E-state index contributed by atoms with van der Waals surface area (Å²) >= 11 is 0. The fraction of sp³-hybridized carbons (Fsp3) is 0.143. The van der Waals surface area contributed by atoms with Crippen LogP contribution in [-0.2, 0) is 24.8 Å². The Bertz CT molecular complexity index is 1280. The Morgan fingerprint density at radius 1 is 0.944 bits per heavy atom. The summed E-state index contributed by atoms with van der Waals surface area (Å²) in [4.78, 5) is 24.4. The third kappa shape index (κ3) is 5.50. The first-order chi connectivity index (χ1) is 17.4. The summed E-state index contributed by atoms with van der Waals surface area (Å²) in [5.74, 6) is -1.62. The van der Waals surface area contributed by atoms with Gasteiger partial charge >= 0.3 is 5.97 Å². The second-order valence-electron chi connectivity index (χ2n) is 7.85. The van der Waals surface area contributed by atoms with Crippen LogP contribution in [0, 0.1) is 0 Å². The van der Waals surface area contributed by atoms with Crippen LogP contribution in [0.4, 0.5) is 0 Å². The van der Waals surface area contributed by atoms with Crippen molar-refractivity contribution in [1.82, 2.24) is 5.32 Å². The SMILES string of the molecule is COc1ccc(C2=CC(=O)NCC(O/C(=C/C(=O)O)c3ccc(OC)cc3)(c3ccccc3)O2)cc1. The van der Waals surface area contributed by atoms with E-state index in [0.717, 1.165) is 6.08 Å². The Hall–Kier alpha value is -4.72. The highest BCUT2D eigenvalue weighted by Crippen LogP contribution is 2.38. The third-order valence-corrected chi connectivity index (χ3v) is 5.52. The van der Waals surface area contributed by atoms with Crippen molar-refractivity contribution < 1.29 is 33.6 Å². The molecule has 8 heteroatoms. The number of carboxylic acids is 1. The minimum atomic E-state index is -1.58. The Balaban J connectivity index is 1.81. The molecule has 1 heterocycles. The molecule has 0 aliphatic carbocycles. The third-order valence-electron chi connectivity index (χ3n) is 5.52. The molecule has 1 aliphatic heterocycles. The quantitative estimate of drug-likeness (QED) is 0.363. The van der Waals surface area contributed by atoms with E-state index < -0.39 is 11.8 Å². The van der Waals surface area contributed by atoms with Crippen LogP contribution in [-0.4, -0.2) is 37.7 Å². The molecule has 8 nitrogen and oxygen atoms in total. The summed E-state index contributed by atoms with van der Waals surface area (Å²) in [6, 6.07) is 22.8. The summed E-state index contributed by atoms with van der Waals surface area (Å²) < 4.78 is 23.3. The van der Waals surface area contributed by atoms with E-state index in [4.69, 9.17) is 18.9 Å². The average molecular weight is 488 g/mol.